The van der Waals surface area contributed by atoms with Crippen LogP contribution in [0.3, 0.4) is 0 Å². The molecule has 0 aliphatic rings. The Kier molecular flexibility index (Phi) is 8.19. The number of aliphatic hydroxyl groups is 1. The van der Waals surface area contributed by atoms with Gasteiger partial charge in [0.25, 0.3) is 0 Å². The molecule has 108 valence electrons. The monoisotopic (exact) mass is 281 g/mol. The number of aliphatic hydroxyl groups excluding tert-OH is 1. The Morgan fingerprint density at radius 3 is 2.47 bits per heavy atom. The quantitative estimate of drug-likeness (QED) is 0.727. The maximum absolute atomic E-state index is 9.06. The van der Waals surface area contributed by atoms with Crippen LogP contribution < -0.4 is 5.32 Å². The molecule has 0 saturated heterocycles. The van der Waals surface area contributed by atoms with Crippen LogP contribution in [0.5, 0.6) is 0 Å². The standard InChI is InChI=1S/C16H27NOS/c1-4-9-17-16(12-19-11-14(3)10-18)15-7-5-13(2)6-8-15/h5-8,14,16-18H,4,9-12H2,1-3H3. The summed E-state index contributed by atoms with van der Waals surface area (Å²) >= 11 is 1.92. The van der Waals surface area contributed by atoms with Crippen molar-refractivity contribution in [2.45, 2.75) is 33.2 Å². The first-order chi connectivity index (χ1) is 9.17. The minimum atomic E-state index is 0.282. The van der Waals surface area contributed by atoms with E-state index >= 15 is 0 Å². The van der Waals surface area contributed by atoms with Gasteiger partial charge >= 0.3 is 0 Å². The highest BCUT2D eigenvalue weighted by atomic mass is 32.2. The van der Waals surface area contributed by atoms with Crippen LogP contribution in [-0.4, -0.2) is 29.8 Å². The summed E-state index contributed by atoms with van der Waals surface area (Å²) in [4.78, 5) is 0. The second-order valence-electron chi connectivity index (χ2n) is 5.24. The average molecular weight is 281 g/mol. The summed E-state index contributed by atoms with van der Waals surface area (Å²) in [6.07, 6.45) is 1.15. The maximum Gasteiger partial charge on any atom is 0.0464 e. The highest BCUT2D eigenvalue weighted by Gasteiger charge is 2.11. The van der Waals surface area contributed by atoms with Crippen molar-refractivity contribution in [3.8, 4) is 0 Å². The SMILES string of the molecule is CCCNC(CSCC(C)CO)c1ccc(C)cc1. The van der Waals surface area contributed by atoms with Gasteiger partial charge in [-0.15, -0.1) is 0 Å². The molecule has 1 aromatic carbocycles. The predicted molar refractivity (Wildman–Crippen MR) is 85.8 cm³/mol. The predicted octanol–water partition coefficient (Wildman–Crippen LogP) is 3.40. The van der Waals surface area contributed by atoms with E-state index in [9.17, 15) is 0 Å². The maximum atomic E-state index is 9.06. The molecule has 0 aliphatic carbocycles. The van der Waals surface area contributed by atoms with Crippen LogP contribution in [0.1, 0.15) is 37.4 Å². The number of benzene rings is 1. The van der Waals surface area contributed by atoms with Gasteiger partial charge in [0.15, 0.2) is 0 Å². The molecule has 0 spiro atoms. The Labute approximate surface area is 122 Å². The first-order valence-corrected chi connectivity index (χ1v) is 8.31. The van der Waals surface area contributed by atoms with E-state index in [-0.39, 0.29) is 6.61 Å². The van der Waals surface area contributed by atoms with E-state index in [1.54, 1.807) is 0 Å². The van der Waals surface area contributed by atoms with Crippen LogP contribution in [0.25, 0.3) is 0 Å². The van der Waals surface area contributed by atoms with Gasteiger partial charge in [-0.05, 0) is 37.1 Å². The molecule has 2 nitrogen and oxygen atoms in total. The van der Waals surface area contributed by atoms with Crippen LogP contribution in [0.4, 0.5) is 0 Å². The molecular formula is C16H27NOS. The molecule has 0 aliphatic heterocycles. The fraction of sp³-hybridized carbons (Fsp3) is 0.625. The van der Waals surface area contributed by atoms with Crippen LogP contribution in [-0.2, 0) is 0 Å². The Hall–Kier alpha value is -0.510. The Balaban J connectivity index is 2.53. The highest BCUT2D eigenvalue weighted by molar-refractivity contribution is 7.99. The van der Waals surface area contributed by atoms with Gasteiger partial charge < -0.3 is 10.4 Å². The topological polar surface area (TPSA) is 32.3 Å². The molecule has 2 atom stereocenters. The van der Waals surface area contributed by atoms with Gasteiger partial charge in [-0.2, -0.15) is 11.8 Å². The van der Waals surface area contributed by atoms with Crippen LogP contribution in [0.15, 0.2) is 24.3 Å². The fourth-order valence-electron chi connectivity index (χ4n) is 1.83. The lowest BCUT2D eigenvalue weighted by Gasteiger charge is -2.19. The second kappa shape index (κ2) is 9.40. The van der Waals surface area contributed by atoms with E-state index < -0.39 is 0 Å². The third-order valence-electron chi connectivity index (χ3n) is 3.12. The van der Waals surface area contributed by atoms with E-state index in [2.05, 4.69) is 50.4 Å². The van der Waals surface area contributed by atoms with Gasteiger partial charge in [-0.25, -0.2) is 0 Å². The molecule has 0 saturated carbocycles. The van der Waals surface area contributed by atoms with Crippen molar-refractivity contribution in [1.82, 2.24) is 5.32 Å². The van der Waals surface area contributed by atoms with E-state index in [0.717, 1.165) is 24.5 Å². The fourth-order valence-corrected chi connectivity index (χ4v) is 3.02. The summed E-state index contributed by atoms with van der Waals surface area (Å²) in [5, 5.41) is 12.7. The summed E-state index contributed by atoms with van der Waals surface area (Å²) in [6.45, 7) is 7.74. The van der Waals surface area contributed by atoms with E-state index in [0.29, 0.717) is 12.0 Å². The normalized spacial score (nSPS) is 14.3. The van der Waals surface area contributed by atoms with Crippen molar-refractivity contribution in [3.05, 3.63) is 35.4 Å². The summed E-state index contributed by atoms with van der Waals surface area (Å²) in [5.74, 6) is 2.47. The zero-order valence-corrected chi connectivity index (χ0v) is 13.2. The lowest BCUT2D eigenvalue weighted by atomic mass is 10.1. The molecule has 1 rings (SSSR count). The first kappa shape index (κ1) is 16.5. The molecule has 3 heteroatoms. The zero-order chi connectivity index (χ0) is 14.1. The molecule has 0 fully saturated rings. The first-order valence-electron chi connectivity index (χ1n) is 7.16. The molecule has 0 amide bonds. The molecule has 1 aromatic rings. The summed E-state index contributed by atoms with van der Waals surface area (Å²) in [6, 6.07) is 9.21. The lowest BCUT2D eigenvalue weighted by Crippen LogP contribution is -2.24. The zero-order valence-electron chi connectivity index (χ0n) is 12.4. The second-order valence-corrected chi connectivity index (χ2v) is 6.32. The minimum absolute atomic E-state index is 0.282. The number of thioether (sulfide) groups is 1. The van der Waals surface area contributed by atoms with Gasteiger partial charge in [0.2, 0.25) is 0 Å². The van der Waals surface area contributed by atoms with Crippen molar-refractivity contribution in [2.75, 3.05) is 24.7 Å². The molecule has 0 radical (unpaired) electrons. The summed E-state index contributed by atoms with van der Waals surface area (Å²) in [7, 11) is 0. The molecule has 19 heavy (non-hydrogen) atoms. The molecule has 0 bridgehead atoms. The Bertz CT molecular complexity index is 339. The van der Waals surface area contributed by atoms with Gasteiger partial charge in [0, 0.05) is 18.4 Å². The number of aryl methyl sites for hydroxylation is 1. The molecule has 2 unspecified atom stereocenters. The molecule has 2 N–H and O–H groups in total. The van der Waals surface area contributed by atoms with E-state index in [1.807, 2.05) is 11.8 Å². The van der Waals surface area contributed by atoms with Crippen molar-refractivity contribution in [2.24, 2.45) is 5.92 Å². The van der Waals surface area contributed by atoms with Gasteiger partial charge in [0.1, 0.15) is 0 Å². The van der Waals surface area contributed by atoms with Crippen molar-refractivity contribution in [3.63, 3.8) is 0 Å². The van der Waals surface area contributed by atoms with Crippen LogP contribution in [0, 0.1) is 12.8 Å². The largest absolute Gasteiger partial charge is 0.396 e. The summed E-state index contributed by atoms with van der Waals surface area (Å²) in [5.41, 5.74) is 2.67. The van der Waals surface area contributed by atoms with Crippen LogP contribution in [0.2, 0.25) is 0 Å². The lowest BCUT2D eigenvalue weighted by molar-refractivity contribution is 0.250. The van der Waals surface area contributed by atoms with Crippen molar-refractivity contribution in [1.29, 1.82) is 0 Å². The smallest absolute Gasteiger partial charge is 0.0464 e. The summed E-state index contributed by atoms with van der Waals surface area (Å²) < 4.78 is 0. The van der Waals surface area contributed by atoms with E-state index in [4.69, 9.17) is 5.11 Å². The van der Waals surface area contributed by atoms with E-state index in [1.165, 1.54) is 11.1 Å². The van der Waals surface area contributed by atoms with Crippen molar-refractivity contribution >= 4 is 11.8 Å². The van der Waals surface area contributed by atoms with Crippen molar-refractivity contribution < 1.29 is 5.11 Å². The van der Waals surface area contributed by atoms with Gasteiger partial charge in [-0.3, -0.25) is 0 Å². The number of hydrogen-bond acceptors (Lipinski definition) is 3. The average Bonchev–Trinajstić information content (AvgIpc) is 2.43. The van der Waals surface area contributed by atoms with Gasteiger partial charge in [-0.1, -0.05) is 43.7 Å². The Morgan fingerprint density at radius 1 is 1.21 bits per heavy atom. The molecule has 0 heterocycles. The van der Waals surface area contributed by atoms with Crippen LogP contribution >= 0.6 is 11.8 Å². The Morgan fingerprint density at radius 2 is 1.89 bits per heavy atom. The minimum Gasteiger partial charge on any atom is -0.396 e. The molecule has 0 aromatic heterocycles. The third-order valence-corrected chi connectivity index (χ3v) is 4.49. The number of nitrogens with one attached hydrogen (secondary N) is 1. The highest BCUT2D eigenvalue weighted by Crippen LogP contribution is 2.20. The number of rotatable bonds is 9. The number of hydrogen-bond donors (Lipinski definition) is 2. The third kappa shape index (κ3) is 6.46. The molecular weight excluding hydrogens is 254 g/mol. The van der Waals surface area contributed by atoms with Gasteiger partial charge in [0.05, 0.1) is 0 Å².